The standard InChI is InChI=1S/C22H31N5O3/c1-4-15(2)27(13-20-24-19-8-6-5-7-18(19)22(30)25-20)14-21(29)23-17-9-11-26(12-10-17)16(3)28/h5-8,15,17H,4,9-14H2,1-3H3,(H,23,29)(H,24,25,30). The Hall–Kier alpha value is -2.74. The first kappa shape index (κ1) is 22.0. The molecule has 0 saturated carbocycles. The predicted molar refractivity (Wildman–Crippen MR) is 116 cm³/mol. The van der Waals surface area contributed by atoms with Crippen LogP contribution in [0.2, 0.25) is 0 Å². The molecular formula is C22H31N5O3. The van der Waals surface area contributed by atoms with E-state index in [1.807, 2.05) is 28.0 Å². The lowest BCUT2D eigenvalue weighted by atomic mass is 10.0. The second kappa shape index (κ2) is 9.84. The van der Waals surface area contributed by atoms with Gasteiger partial charge in [0.05, 0.1) is 24.0 Å². The molecule has 1 aliphatic heterocycles. The minimum absolute atomic E-state index is 0.0419. The second-order valence-electron chi connectivity index (χ2n) is 8.04. The van der Waals surface area contributed by atoms with Crippen molar-refractivity contribution in [3.8, 4) is 0 Å². The van der Waals surface area contributed by atoms with E-state index in [0.29, 0.717) is 36.4 Å². The van der Waals surface area contributed by atoms with E-state index in [2.05, 4.69) is 29.1 Å². The van der Waals surface area contributed by atoms with Crippen molar-refractivity contribution in [1.82, 2.24) is 25.1 Å². The summed E-state index contributed by atoms with van der Waals surface area (Å²) in [5, 5.41) is 3.66. The number of nitrogens with one attached hydrogen (secondary N) is 2. The monoisotopic (exact) mass is 413 g/mol. The number of amides is 2. The van der Waals surface area contributed by atoms with Crippen molar-refractivity contribution >= 4 is 22.7 Å². The number of aromatic nitrogens is 2. The third kappa shape index (κ3) is 5.44. The Balaban J connectivity index is 1.64. The Labute approximate surface area is 176 Å². The van der Waals surface area contributed by atoms with Gasteiger partial charge in [-0.05, 0) is 38.3 Å². The first-order chi connectivity index (χ1) is 14.4. The number of carbonyl (C=O) groups excluding carboxylic acids is 2. The molecule has 30 heavy (non-hydrogen) atoms. The first-order valence-corrected chi connectivity index (χ1v) is 10.6. The summed E-state index contributed by atoms with van der Waals surface area (Å²) in [5.74, 6) is 0.598. The number of hydrogen-bond donors (Lipinski definition) is 2. The van der Waals surface area contributed by atoms with Gasteiger partial charge in [-0.2, -0.15) is 0 Å². The van der Waals surface area contributed by atoms with Gasteiger partial charge in [0.25, 0.3) is 5.56 Å². The quantitative estimate of drug-likeness (QED) is 0.719. The maximum atomic E-state index is 12.7. The third-order valence-corrected chi connectivity index (χ3v) is 5.88. The number of likely N-dealkylation sites (tertiary alicyclic amines) is 1. The van der Waals surface area contributed by atoms with Gasteiger partial charge in [-0.1, -0.05) is 19.1 Å². The molecule has 1 saturated heterocycles. The van der Waals surface area contributed by atoms with E-state index in [1.54, 1.807) is 13.0 Å². The van der Waals surface area contributed by atoms with Crippen LogP contribution in [0.3, 0.4) is 0 Å². The molecule has 2 amide bonds. The number of fused-ring (bicyclic) bond motifs is 1. The van der Waals surface area contributed by atoms with Gasteiger partial charge < -0.3 is 15.2 Å². The minimum Gasteiger partial charge on any atom is -0.352 e. The summed E-state index contributed by atoms with van der Waals surface area (Å²) in [6.07, 6.45) is 2.42. The zero-order chi connectivity index (χ0) is 21.7. The molecule has 8 heteroatoms. The van der Waals surface area contributed by atoms with Crippen LogP contribution in [-0.2, 0) is 16.1 Å². The van der Waals surface area contributed by atoms with Crippen molar-refractivity contribution in [3.05, 3.63) is 40.4 Å². The highest BCUT2D eigenvalue weighted by atomic mass is 16.2. The molecule has 2 N–H and O–H groups in total. The molecule has 8 nitrogen and oxygen atoms in total. The molecule has 1 aromatic heterocycles. The van der Waals surface area contributed by atoms with Crippen LogP contribution in [0.4, 0.5) is 0 Å². The molecule has 1 fully saturated rings. The van der Waals surface area contributed by atoms with Crippen molar-refractivity contribution in [2.75, 3.05) is 19.6 Å². The molecule has 1 aromatic carbocycles. The Morgan fingerprint density at radius 1 is 1.30 bits per heavy atom. The van der Waals surface area contributed by atoms with Gasteiger partial charge >= 0.3 is 0 Å². The van der Waals surface area contributed by atoms with E-state index in [0.717, 1.165) is 19.3 Å². The Morgan fingerprint density at radius 2 is 2.00 bits per heavy atom. The number of para-hydroxylation sites is 1. The molecule has 3 rings (SSSR count). The summed E-state index contributed by atoms with van der Waals surface area (Å²) >= 11 is 0. The first-order valence-electron chi connectivity index (χ1n) is 10.6. The highest BCUT2D eigenvalue weighted by Crippen LogP contribution is 2.13. The largest absolute Gasteiger partial charge is 0.352 e. The number of carbonyl (C=O) groups is 2. The zero-order valence-corrected chi connectivity index (χ0v) is 18.0. The molecule has 162 valence electrons. The number of benzene rings is 1. The molecule has 0 bridgehead atoms. The van der Waals surface area contributed by atoms with Crippen LogP contribution >= 0.6 is 0 Å². The van der Waals surface area contributed by atoms with Gasteiger partial charge in [-0.25, -0.2) is 4.98 Å². The molecule has 0 aliphatic carbocycles. The molecule has 1 unspecified atom stereocenters. The van der Waals surface area contributed by atoms with Crippen molar-refractivity contribution in [2.24, 2.45) is 0 Å². The van der Waals surface area contributed by atoms with E-state index < -0.39 is 0 Å². The molecule has 0 radical (unpaired) electrons. The minimum atomic E-state index is -0.165. The lowest BCUT2D eigenvalue weighted by molar-refractivity contribution is -0.130. The fourth-order valence-electron chi connectivity index (χ4n) is 3.82. The van der Waals surface area contributed by atoms with Crippen LogP contribution in [0, 0.1) is 0 Å². The maximum absolute atomic E-state index is 12.7. The zero-order valence-electron chi connectivity index (χ0n) is 18.0. The Kier molecular flexibility index (Phi) is 7.20. The lowest BCUT2D eigenvalue weighted by Crippen LogP contribution is -2.49. The van der Waals surface area contributed by atoms with Crippen molar-refractivity contribution in [3.63, 3.8) is 0 Å². The van der Waals surface area contributed by atoms with Gasteiger partial charge in [0.15, 0.2) is 0 Å². The summed E-state index contributed by atoms with van der Waals surface area (Å²) in [4.78, 5) is 47.8. The number of aromatic amines is 1. The number of hydrogen-bond acceptors (Lipinski definition) is 5. The van der Waals surface area contributed by atoms with E-state index in [1.165, 1.54) is 0 Å². The van der Waals surface area contributed by atoms with Crippen LogP contribution in [-0.4, -0.2) is 63.3 Å². The Bertz CT molecular complexity index is 949. The molecule has 2 aromatic rings. The normalized spacial score (nSPS) is 16.1. The number of H-pyrrole nitrogens is 1. The van der Waals surface area contributed by atoms with Crippen LogP contribution in [0.15, 0.2) is 29.1 Å². The van der Waals surface area contributed by atoms with E-state index in [9.17, 15) is 14.4 Å². The molecule has 2 heterocycles. The SMILES string of the molecule is CCC(C)N(CC(=O)NC1CCN(C(C)=O)CC1)Cc1nc2ccccc2c(=O)[nH]1. The summed E-state index contributed by atoms with van der Waals surface area (Å²) in [6.45, 7) is 7.70. The number of rotatable bonds is 7. The van der Waals surface area contributed by atoms with Gasteiger partial charge in [0, 0.05) is 32.1 Å². The van der Waals surface area contributed by atoms with Crippen LogP contribution in [0.1, 0.15) is 45.9 Å². The van der Waals surface area contributed by atoms with E-state index in [-0.39, 0.29) is 36.0 Å². The summed E-state index contributed by atoms with van der Waals surface area (Å²) in [7, 11) is 0. The molecule has 1 aliphatic rings. The predicted octanol–water partition coefficient (Wildman–Crippen LogP) is 1.65. The summed E-state index contributed by atoms with van der Waals surface area (Å²) in [5.41, 5.74) is 0.489. The van der Waals surface area contributed by atoms with Gasteiger partial charge in [-0.3, -0.25) is 19.3 Å². The van der Waals surface area contributed by atoms with E-state index in [4.69, 9.17) is 0 Å². The fourth-order valence-corrected chi connectivity index (χ4v) is 3.82. The molecule has 0 spiro atoms. The third-order valence-electron chi connectivity index (χ3n) is 5.88. The average Bonchev–Trinajstić information content (AvgIpc) is 2.73. The smallest absolute Gasteiger partial charge is 0.258 e. The topological polar surface area (TPSA) is 98.4 Å². The van der Waals surface area contributed by atoms with E-state index >= 15 is 0 Å². The van der Waals surface area contributed by atoms with Crippen LogP contribution < -0.4 is 10.9 Å². The number of piperidine rings is 1. The van der Waals surface area contributed by atoms with Crippen molar-refractivity contribution in [2.45, 2.75) is 58.7 Å². The fraction of sp³-hybridized carbons (Fsp3) is 0.545. The second-order valence-corrected chi connectivity index (χ2v) is 8.04. The summed E-state index contributed by atoms with van der Waals surface area (Å²) in [6, 6.07) is 7.49. The van der Waals surface area contributed by atoms with Gasteiger partial charge in [-0.15, -0.1) is 0 Å². The highest BCUT2D eigenvalue weighted by Gasteiger charge is 2.24. The highest BCUT2D eigenvalue weighted by molar-refractivity contribution is 5.79. The van der Waals surface area contributed by atoms with Crippen LogP contribution in [0.25, 0.3) is 10.9 Å². The lowest BCUT2D eigenvalue weighted by Gasteiger charge is -2.33. The average molecular weight is 414 g/mol. The Morgan fingerprint density at radius 3 is 2.67 bits per heavy atom. The van der Waals surface area contributed by atoms with Crippen LogP contribution in [0.5, 0.6) is 0 Å². The molecular weight excluding hydrogens is 382 g/mol. The van der Waals surface area contributed by atoms with Gasteiger partial charge in [0.2, 0.25) is 11.8 Å². The van der Waals surface area contributed by atoms with Crippen molar-refractivity contribution < 1.29 is 9.59 Å². The van der Waals surface area contributed by atoms with Gasteiger partial charge in [0.1, 0.15) is 5.82 Å². The molecule has 1 atom stereocenters. The number of nitrogens with zero attached hydrogens (tertiary/aromatic N) is 3. The van der Waals surface area contributed by atoms with Crippen molar-refractivity contribution in [1.29, 1.82) is 0 Å². The summed E-state index contributed by atoms with van der Waals surface area (Å²) < 4.78 is 0. The maximum Gasteiger partial charge on any atom is 0.258 e.